The van der Waals surface area contributed by atoms with E-state index in [1.807, 2.05) is 0 Å². The van der Waals surface area contributed by atoms with Crippen LogP contribution < -0.4 is 11.1 Å². The van der Waals surface area contributed by atoms with Gasteiger partial charge in [0, 0.05) is 18.1 Å². The minimum atomic E-state index is -0.735. The summed E-state index contributed by atoms with van der Waals surface area (Å²) in [6.45, 7) is 3.46. The van der Waals surface area contributed by atoms with Gasteiger partial charge in [-0.25, -0.2) is 0 Å². The molecule has 1 amide bonds. The molecule has 1 aromatic rings. The molecule has 0 saturated heterocycles. The van der Waals surface area contributed by atoms with Crippen molar-refractivity contribution < 1.29 is 4.79 Å². The van der Waals surface area contributed by atoms with Gasteiger partial charge < -0.3 is 11.1 Å². The third-order valence-electron chi connectivity index (χ3n) is 1.75. The van der Waals surface area contributed by atoms with Crippen LogP contribution in [0.5, 0.6) is 0 Å². The lowest BCUT2D eigenvalue weighted by Gasteiger charge is -2.23. The zero-order valence-corrected chi connectivity index (χ0v) is 7.74. The Hall–Kier alpha value is -1.58. The molecular weight excluding hydrogens is 166 g/mol. The fraction of sp³-hybridized carbons (Fsp3) is 0.333. The van der Waals surface area contributed by atoms with Gasteiger partial charge in [0.15, 0.2) is 0 Å². The molecule has 4 heteroatoms. The van der Waals surface area contributed by atoms with E-state index in [-0.39, 0.29) is 5.91 Å². The summed E-state index contributed by atoms with van der Waals surface area (Å²) in [5.74, 6) is -0.385. The summed E-state index contributed by atoms with van der Waals surface area (Å²) in [6.07, 6.45) is 3.30. The number of carbonyl (C=O) groups is 1. The average Bonchev–Trinajstić information content (AvgIpc) is 2.05. The first kappa shape index (κ1) is 9.51. The molecule has 0 fully saturated rings. The maximum Gasteiger partial charge on any atom is 0.242 e. The van der Waals surface area contributed by atoms with E-state index in [0.29, 0.717) is 0 Å². The van der Waals surface area contributed by atoms with E-state index in [1.165, 1.54) is 0 Å². The molecule has 0 aliphatic heterocycles. The maximum absolute atomic E-state index is 11.0. The van der Waals surface area contributed by atoms with Crippen LogP contribution in [0.15, 0.2) is 24.5 Å². The highest BCUT2D eigenvalue weighted by molar-refractivity contribution is 5.86. The quantitative estimate of drug-likeness (QED) is 0.719. The molecule has 1 rings (SSSR count). The molecule has 13 heavy (non-hydrogen) atoms. The van der Waals surface area contributed by atoms with Gasteiger partial charge in [-0.1, -0.05) is 0 Å². The van der Waals surface area contributed by atoms with Gasteiger partial charge in [0.2, 0.25) is 5.91 Å². The number of nitrogens with zero attached hydrogens (tertiary/aromatic N) is 1. The van der Waals surface area contributed by atoms with Crippen molar-refractivity contribution in [1.82, 2.24) is 4.98 Å². The summed E-state index contributed by atoms with van der Waals surface area (Å²) in [6, 6.07) is 3.56. The maximum atomic E-state index is 11.0. The lowest BCUT2D eigenvalue weighted by molar-refractivity contribution is -0.121. The highest BCUT2D eigenvalue weighted by atomic mass is 16.1. The normalized spacial score (nSPS) is 10.9. The number of aromatic nitrogens is 1. The van der Waals surface area contributed by atoms with Crippen molar-refractivity contribution in [3.05, 3.63) is 24.5 Å². The number of pyridine rings is 1. The number of nitrogens with one attached hydrogen (secondary N) is 1. The highest BCUT2D eigenvalue weighted by Gasteiger charge is 2.23. The molecule has 0 saturated carbocycles. The number of carbonyl (C=O) groups excluding carboxylic acids is 1. The molecule has 1 aromatic heterocycles. The Morgan fingerprint density at radius 2 is 2.00 bits per heavy atom. The number of primary amides is 1. The van der Waals surface area contributed by atoms with Crippen LogP contribution in [0.1, 0.15) is 13.8 Å². The van der Waals surface area contributed by atoms with E-state index in [9.17, 15) is 4.79 Å². The molecule has 4 nitrogen and oxygen atoms in total. The van der Waals surface area contributed by atoms with Gasteiger partial charge in [-0.2, -0.15) is 0 Å². The number of amides is 1. The smallest absolute Gasteiger partial charge is 0.242 e. The fourth-order valence-corrected chi connectivity index (χ4v) is 0.858. The third kappa shape index (κ3) is 2.43. The van der Waals surface area contributed by atoms with Gasteiger partial charge in [-0.15, -0.1) is 0 Å². The Labute approximate surface area is 77.2 Å². The second-order valence-electron chi connectivity index (χ2n) is 3.35. The molecule has 0 bridgehead atoms. The van der Waals surface area contributed by atoms with Crippen molar-refractivity contribution >= 4 is 11.6 Å². The summed E-state index contributed by atoms with van der Waals surface area (Å²) < 4.78 is 0. The summed E-state index contributed by atoms with van der Waals surface area (Å²) in [7, 11) is 0. The average molecular weight is 179 g/mol. The van der Waals surface area contributed by atoms with E-state index in [4.69, 9.17) is 5.73 Å². The Bertz CT molecular complexity index is 295. The number of nitrogens with two attached hydrogens (primary N) is 1. The summed E-state index contributed by atoms with van der Waals surface area (Å²) in [4.78, 5) is 14.8. The second-order valence-corrected chi connectivity index (χ2v) is 3.35. The number of hydrogen-bond donors (Lipinski definition) is 2. The van der Waals surface area contributed by atoms with Gasteiger partial charge in [0.1, 0.15) is 5.54 Å². The van der Waals surface area contributed by atoms with Crippen LogP contribution >= 0.6 is 0 Å². The molecule has 3 N–H and O–H groups in total. The van der Waals surface area contributed by atoms with Crippen molar-refractivity contribution in [1.29, 1.82) is 0 Å². The largest absolute Gasteiger partial charge is 0.372 e. The van der Waals surface area contributed by atoms with Crippen molar-refractivity contribution in [3.63, 3.8) is 0 Å². The zero-order chi connectivity index (χ0) is 9.90. The van der Waals surface area contributed by atoms with Crippen LogP contribution in [-0.2, 0) is 4.79 Å². The van der Waals surface area contributed by atoms with E-state index < -0.39 is 5.54 Å². The Morgan fingerprint density at radius 1 is 1.46 bits per heavy atom. The Balaban J connectivity index is 2.75. The minimum Gasteiger partial charge on any atom is -0.372 e. The number of anilines is 1. The highest BCUT2D eigenvalue weighted by Crippen LogP contribution is 2.12. The minimum absolute atomic E-state index is 0.385. The van der Waals surface area contributed by atoms with Gasteiger partial charge in [0.05, 0.1) is 0 Å². The van der Waals surface area contributed by atoms with Crippen LogP contribution in [0.3, 0.4) is 0 Å². The molecule has 0 radical (unpaired) electrons. The van der Waals surface area contributed by atoms with Crippen LogP contribution in [0.4, 0.5) is 5.69 Å². The second kappa shape index (κ2) is 3.43. The van der Waals surface area contributed by atoms with E-state index in [0.717, 1.165) is 5.69 Å². The standard InChI is InChI=1S/C9H13N3O/c1-9(2,8(10)13)12-7-3-5-11-6-4-7/h3-6H,1-2H3,(H2,10,13)(H,11,12). The predicted molar refractivity (Wildman–Crippen MR) is 51.1 cm³/mol. The number of rotatable bonds is 3. The van der Waals surface area contributed by atoms with Gasteiger partial charge in [0.25, 0.3) is 0 Å². The first-order chi connectivity index (χ1) is 6.02. The van der Waals surface area contributed by atoms with E-state index in [2.05, 4.69) is 10.3 Å². The van der Waals surface area contributed by atoms with Crippen LogP contribution in [0.2, 0.25) is 0 Å². The zero-order valence-electron chi connectivity index (χ0n) is 7.74. The molecular formula is C9H13N3O. The van der Waals surface area contributed by atoms with Crippen molar-refractivity contribution in [2.75, 3.05) is 5.32 Å². The monoisotopic (exact) mass is 179 g/mol. The van der Waals surface area contributed by atoms with E-state index >= 15 is 0 Å². The Kier molecular flexibility index (Phi) is 2.51. The predicted octanol–water partition coefficient (Wildman–Crippen LogP) is 0.757. The lowest BCUT2D eigenvalue weighted by atomic mass is 10.1. The van der Waals surface area contributed by atoms with Crippen molar-refractivity contribution in [2.45, 2.75) is 19.4 Å². The third-order valence-corrected chi connectivity index (χ3v) is 1.75. The summed E-state index contributed by atoms with van der Waals surface area (Å²) in [5.41, 5.74) is 5.30. The molecule has 70 valence electrons. The fourth-order valence-electron chi connectivity index (χ4n) is 0.858. The van der Waals surface area contributed by atoms with Crippen molar-refractivity contribution in [2.24, 2.45) is 5.73 Å². The SMILES string of the molecule is CC(C)(Nc1ccncc1)C(N)=O. The van der Waals surface area contributed by atoms with Gasteiger partial charge in [-0.3, -0.25) is 9.78 Å². The lowest BCUT2D eigenvalue weighted by Crippen LogP contribution is -2.44. The molecule has 1 heterocycles. The molecule has 0 unspecified atom stereocenters. The molecule has 0 aromatic carbocycles. The van der Waals surface area contributed by atoms with Gasteiger partial charge >= 0.3 is 0 Å². The summed E-state index contributed by atoms with van der Waals surface area (Å²) in [5, 5.41) is 3.00. The summed E-state index contributed by atoms with van der Waals surface area (Å²) >= 11 is 0. The number of hydrogen-bond acceptors (Lipinski definition) is 3. The molecule has 0 spiro atoms. The molecule has 0 atom stereocenters. The van der Waals surface area contributed by atoms with Crippen LogP contribution in [0, 0.1) is 0 Å². The molecule has 0 aliphatic rings. The molecule has 0 aliphatic carbocycles. The first-order valence-corrected chi connectivity index (χ1v) is 4.00. The van der Waals surface area contributed by atoms with Crippen LogP contribution in [-0.4, -0.2) is 16.4 Å². The van der Waals surface area contributed by atoms with E-state index in [1.54, 1.807) is 38.4 Å². The van der Waals surface area contributed by atoms with Crippen molar-refractivity contribution in [3.8, 4) is 0 Å². The van der Waals surface area contributed by atoms with Gasteiger partial charge in [-0.05, 0) is 26.0 Å². The first-order valence-electron chi connectivity index (χ1n) is 4.00. The Morgan fingerprint density at radius 3 is 2.46 bits per heavy atom. The van der Waals surface area contributed by atoms with Crippen LogP contribution in [0.25, 0.3) is 0 Å². The topological polar surface area (TPSA) is 68.0 Å².